The Labute approximate surface area is 238 Å². The summed E-state index contributed by atoms with van der Waals surface area (Å²) in [5.74, 6) is 0.285. The third-order valence-electron chi connectivity index (χ3n) is 6.93. The van der Waals surface area contributed by atoms with Crippen molar-refractivity contribution in [2.24, 2.45) is 0 Å². The third-order valence-corrected chi connectivity index (χ3v) is 8.80. The van der Waals surface area contributed by atoms with Gasteiger partial charge in [-0.1, -0.05) is 19.4 Å². The van der Waals surface area contributed by atoms with Gasteiger partial charge in [0.2, 0.25) is 15.9 Å². The number of rotatable bonds is 11. The second-order valence-corrected chi connectivity index (χ2v) is 11.8. The molecule has 0 aliphatic carbocycles. The highest BCUT2D eigenvalue weighted by Gasteiger charge is 2.29. The highest BCUT2D eigenvalue weighted by molar-refractivity contribution is 7.89. The van der Waals surface area contributed by atoms with Crippen molar-refractivity contribution in [3.63, 3.8) is 0 Å². The van der Waals surface area contributed by atoms with Crippen molar-refractivity contribution in [2.75, 3.05) is 53.6 Å². The summed E-state index contributed by atoms with van der Waals surface area (Å²) in [6.45, 7) is 4.90. The van der Waals surface area contributed by atoms with E-state index in [0.717, 1.165) is 17.8 Å². The first-order chi connectivity index (χ1) is 19.8. The molecule has 5 rings (SSSR count). The number of aromatic amines is 1. The molecule has 0 atom stereocenters. The lowest BCUT2D eigenvalue weighted by Crippen LogP contribution is -2.47. The zero-order valence-electron chi connectivity index (χ0n) is 23.4. The molecule has 1 fully saturated rings. The van der Waals surface area contributed by atoms with E-state index in [1.54, 1.807) is 18.0 Å². The van der Waals surface area contributed by atoms with Crippen LogP contribution in [-0.4, -0.2) is 101 Å². The normalized spacial score (nSPS) is 15.0. The van der Waals surface area contributed by atoms with E-state index >= 15 is 0 Å². The van der Waals surface area contributed by atoms with E-state index in [-0.39, 0.29) is 34.3 Å². The number of sulfonamides is 1. The minimum Gasteiger partial charge on any atom is -0.475 e. The third kappa shape index (κ3) is 6.15. The fourth-order valence-corrected chi connectivity index (χ4v) is 6.10. The van der Waals surface area contributed by atoms with Gasteiger partial charge in [-0.3, -0.25) is 14.5 Å². The first-order valence-corrected chi connectivity index (χ1v) is 15.0. The van der Waals surface area contributed by atoms with Gasteiger partial charge in [-0.2, -0.15) is 9.40 Å². The Morgan fingerprint density at radius 3 is 2.59 bits per heavy atom. The number of aromatic nitrogens is 6. The van der Waals surface area contributed by atoms with Crippen molar-refractivity contribution in [2.45, 2.75) is 31.2 Å². The molecular weight excluding hydrogens is 548 g/mol. The van der Waals surface area contributed by atoms with E-state index in [0.29, 0.717) is 51.3 Å². The van der Waals surface area contributed by atoms with Crippen LogP contribution >= 0.6 is 0 Å². The molecule has 1 saturated heterocycles. The van der Waals surface area contributed by atoms with Crippen molar-refractivity contribution in [1.29, 1.82) is 0 Å². The standard InChI is InChI=1S/C27H34N8O5S/c1-4-7-22-23-24(32-35(22)18-19-8-5-6-9-28-19)26(36)31-25(30-23)21-16-20(17-29-27(21)40-15-14-39-3)41(37,38)34-12-10-33(2)11-13-34/h5-6,8-9,16-17H,4,7,10-15,18H2,1-3H3,(H,30,31,36). The van der Waals surface area contributed by atoms with E-state index in [9.17, 15) is 13.2 Å². The second-order valence-electron chi connectivity index (χ2n) is 9.86. The average Bonchev–Trinajstić information content (AvgIpc) is 3.31. The first kappa shape index (κ1) is 28.8. The fourth-order valence-electron chi connectivity index (χ4n) is 4.71. The van der Waals surface area contributed by atoms with Crippen LogP contribution in [0, 0.1) is 0 Å². The summed E-state index contributed by atoms with van der Waals surface area (Å²) >= 11 is 0. The molecule has 0 bridgehead atoms. The Morgan fingerprint density at radius 2 is 1.88 bits per heavy atom. The largest absolute Gasteiger partial charge is 0.475 e. The van der Waals surface area contributed by atoms with Crippen molar-refractivity contribution < 1.29 is 17.9 Å². The lowest BCUT2D eigenvalue weighted by molar-refractivity contribution is 0.144. The number of aryl methyl sites for hydroxylation is 1. The molecule has 13 nitrogen and oxygen atoms in total. The monoisotopic (exact) mass is 582 g/mol. The number of H-pyrrole nitrogens is 1. The maximum Gasteiger partial charge on any atom is 0.279 e. The van der Waals surface area contributed by atoms with Gasteiger partial charge in [0.05, 0.1) is 36.3 Å². The highest BCUT2D eigenvalue weighted by atomic mass is 32.2. The predicted molar refractivity (Wildman–Crippen MR) is 152 cm³/mol. The van der Waals surface area contributed by atoms with Gasteiger partial charge in [-0.15, -0.1) is 0 Å². The predicted octanol–water partition coefficient (Wildman–Crippen LogP) is 1.54. The number of methoxy groups -OCH3 is 1. The second kappa shape index (κ2) is 12.4. The van der Waals surface area contributed by atoms with Crippen LogP contribution in [-0.2, 0) is 27.7 Å². The fraction of sp³-hybridized carbons (Fsp3) is 0.444. The quantitative estimate of drug-likeness (QED) is 0.258. The molecule has 0 spiro atoms. The number of likely N-dealkylation sites (N-methyl/N-ethyl adjacent to an activating group) is 1. The molecule has 1 N–H and O–H groups in total. The molecule has 0 saturated carbocycles. The van der Waals surface area contributed by atoms with Crippen LogP contribution in [0.5, 0.6) is 5.88 Å². The highest BCUT2D eigenvalue weighted by Crippen LogP contribution is 2.30. The van der Waals surface area contributed by atoms with E-state index in [1.165, 1.54) is 16.6 Å². The summed E-state index contributed by atoms with van der Waals surface area (Å²) in [6.07, 6.45) is 4.43. The summed E-state index contributed by atoms with van der Waals surface area (Å²) in [5, 5.41) is 4.57. The zero-order chi connectivity index (χ0) is 29.0. The molecule has 0 amide bonds. The molecule has 218 valence electrons. The van der Waals surface area contributed by atoms with Crippen LogP contribution in [0.2, 0.25) is 0 Å². The molecule has 14 heteroatoms. The SMILES string of the molecule is CCCc1c2nc(-c3cc(S(=O)(=O)N4CCN(C)CC4)cnc3OCCOC)[nH]c(=O)c2nn1Cc1ccccn1. The maximum absolute atomic E-state index is 13.5. The number of pyridine rings is 2. The topological polar surface area (TPSA) is 148 Å². The Hall–Kier alpha value is -3.72. The molecule has 1 aliphatic heterocycles. The Morgan fingerprint density at radius 1 is 1.07 bits per heavy atom. The van der Waals surface area contributed by atoms with Gasteiger partial charge < -0.3 is 19.4 Å². The molecule has 4 aromatic heterocycles. The minimum absolute atomic E-state index is 0.00137. The molecule has 5 heterocycles. The van der Waals surface area contributed by atoms with Gasteiger partial charge in [-0.05, 0) is 31.7 Å². The lowest BCUT2D eigenvalue weighted by Gasteiger charge is -2.31. The van der Waals surface area contributed by atoms with Crippen molar-refractivity contribution in [3.05, 3.63) is 58.4 Å². The van der Waals surface area contributed by atoms with Crippen LogP contribution in [0.25, 0.3) is 22.4 Å². The number of nitrogens with one attached hydrogen (secondary N) is 1. The van der Waals surface area contributed by atoms with E-state index in [1.807, 2.05) is 32.2 Å². The van der Waals surface area contributed by atoms with E-state index in [4.69, 9.17) is 14.5 Å². The molecule has 1 aliphatic rings. The summed E-state index contributed by atoms with van der Waals surface area (Å²) in [7, 11) is -0.330. The lowest BCUT2D eigenvalue weighted by atomic mass is 10.2. The van der Waals surface area contributed by atoms with E-state index < -0.39 is 15.6 Å². The molecule has 4 aromatic rings. The van der Waals surface area contributed by atoms with E-state index in [2.05, 4.69) is 25.0 Å². The van der Waals surface area contributed by atoms with Crippen molar-refractivity contribution >= 4 is 21.1 Å². The smallest absolute Gasteiger partial charge is 0.279 e. The summed E-state index contributed by atoms with van der Waals surface area (Å²) in [6, 6.07) is 7.10. The minimum atomic E-state index is -3.84. The van der Waals surface area contributed by atoms with Gasteiger partial charge in [0.25, 0.3) is 5.56 Å². The molecule has 0 aromatic carbocycles. The summed E-state index contributed by atoms with van der Waals surface area (Å²) in [5.41, 5.74) is 2.04. The van der Waals surface area contributed by atoms with Gasteiger partial charge in [-0.25, -0.2) is 18.4 Å². The molecular formula is C27H34N8O5S. The van der Waals surface area contributed by atoms with Crippen molar-refractivity contribution in [1.82, 2.24) is 38.9 Å². The van der Waals surface area contributed by atoms with Gasteiger partial charge in [0.15, 0.2) is 5.52 Å². The number of piperazine rings is 1. The van der Waals surface area contributed by atoms with Crippen molar-refractivity contribution in [3.8, 4) is 17.3 Å². The van der Waals surface area contributed by atoms with Crippen LogP contribution in [0.15, 0.2) is 46.3 Å². The molecule has 0 unspecified atom stereocenters. The summed E-state index contributed by atoms with van der Waals surface area (Å²) in [4.78, 5) is 31.7. The van der Waals surface area contributed by atoms with Gasteiger partial charge in [0.1, 0.15) is 22.8 Å². The van der Waals surface area contributed by atoms with Crippen LogP contribution in [0.1, 0.15) is 24.7 Å². The Balaban J connectivity index is 1.61. The number of fused-ring (bicyclic) bond motifs is 1. The van der Waals surface area contributed by atoms with Gasteiger partial charge in [0, 0.05) is 39.5 Å². The number of nitrogens with zero attached hydrogens (tertiary/aromatic N) is 7. The first-order valence-electron chi connectivity index (χ1n) is 13.5. The molecule has 0 radical (unpaired) electrons. The number of ether oxygens (including phenoxy) is 2. The number of hydrogen-bond acceptors (Lipinski definition) is 10. The number of hydrogen-bond donors (Lipinski definition) is 1. The Bertz CT molecular complexity index is 1660. The van der Waals surface area contributed by atoms with Crippen LogP contribution in [0.4, 0.5) is 0 Å². The molecule has 41 heavy (non-hydrogen) atoms. The van der Waals surface area contributed by atoms with Gasteiger partial charge >= 0.3 is 0 Å². The summed E-state index contributed by atoms with van der Waals surface area (Å²) < 4.78 is 41.2. The average molecular weight is 583 g/mol. The maximum atomic E-state index is 13.5. The van der Waals surface area contributed by atoms with Crippen LogP contribution < -0.4 is 10.3 Å². The zero-order valence-corrected chi connectivity index (χ0v) is 24.2. The Kier molecular flexibility index (Phi) is 8.73. The van der Waals surface area contributed by atoms with Crippen LogP contribution in [0.3, 0.4) is 0 Å².